The fraction of sp³-hybridized carbons (Fsp3) is 0.438. The molecule has 4 heterocycles. The van der Waals surface area contributed by atoms with Crippen LogP contribution in [0.25, 0.3) is 10.9 Å². The molecule has 0 aliphatic carbocycles. The number of nitrogens with one attached hydrogen (secondary N) is 1. The summed E-state index contributed by atoms with van der Waals surface area (Å²) in [5, 5.41) is 11.5. The Morgan fingerprint density at radius 3 is 2.63 bits per heavy atom. The lowest BCUT2D eigenvalue weighted by Gasteiger charge is -2.44. The zero-order chi connectivity index (χ0) is 28.9. The number of H-pyrrole nitrogens is 1. The van der Waals surface area contributed by atoms with Crippen LogP contribution in [0.15, 0.2) is 54.9 Å². The highest BCUT2D eigenvalue weighted by atomic mass is 16.5. The van der Waals surface area contributed by atoms with Crippen LogP contribution in [0.2, 0.25) is 0 Å². The lowest BCUT2D eigenvalue weighted by molar-refractivity contribution is -0.133. The van der Waals surface area contributed by atoms with Crippen molar-refractivity contribution >= 4 is 22.7 Å². The first-order valence-corrected chi connectivity index (χ1v) is 14.6. The van der Waals surface area contributed by atoms with E-state index in [1.807, 2.05) is 47.9 Å². The normalized spacial score (nSPS) is 22.8. The topological polar surface area (TPSA) is 92.3 Å². The predicted octanol–water partition coefficient (Wildman–Crippen LogP) is 3.85. The summed E-state index contributed by atoms with van der Waals surface area (Å²) < 4.78 is 5.81. The van der Waals surface area contributed by atoms with Crippen molar-refractivity contribution in [1.29, 1.82) is 0 Å². The summed E-state index contributed by atoms with van der Waals surface area (Å²) in [6.45, 7) is 15.3. The molecule has 0 bridgehead atoms. The molecule has 3 aliphatic rings. The van der Waals surface area contributed by atoms with Gasteiger partial charge in [-0.1, -0.05) is 18.7 Å². The zero-order valence-electron chi connectivity index (χ0n) is 24.2. The number of benzene rings is 2. The molecular formula is C32H39N5O4. The number of piperazine rings is 1. The first-order valence-electron chi connectivity index (χ1n) is 14.6. The van der Waals surface area contributed by atoms with Gasteiger partial charge < -0.3 is 24.6 Å². The minimum absolute atomic E-state index is 0.0509. The Labute approximate surface area is 241 Å². The smallest absolute Gasteiger partial charge is 0.254 e. The maximum Gasteiger partial charge on any atom is 0.254 e. The molecule has 2 N–H and O–H groups in total. The third-order valence-corrected chi connectivity index (χ3v) is 8.96. The second kappa shape index (κ2) is 10.4. The Morgan fingerprint density at radius 1 is 1.15 bits per heavy atom. The summed E-state index contributed by atoms with van der Waals surface area (Å²) in [5.41, 5.74) is 3.17. The van der Waals surface area contributed by atoms with Crippen molar-refractivity contribution in [3.8, 4) is 11.5 Å². The van der Waals surface area contributed by atoms with Gasteiger partial charge in [0.25, 0.3) is 5.91 Å². The van der Waals surface area contributed by atoms with Gasteiger partial charge in [-0.2, -0.15) is 0 Å². The summed E-state index contributed by atoms with van der Waals surface area (Å²) in [5.74, 6) is 1.85. The SMILES string of the molecule is C=C1N(CCCN2CCN(C(C)=O)CC2)C(=O)[C@]2(C)Cc3c([nH]c4ccc(OCC)cc34)[C@@H](c3cccc(O)c3)N12. The number of rotatable bonds is 7. The van der Waals surface area contributed by atoms with Crippen LogP contribution in [-0.4, -0.2) is 92.9 Å². The van der Waals surface area contributed by atoms with Gasteiger partial charge in [-0.15, -0.1) is 0 Å². The van der Waals surface area contributed by atoms with Crippen molar-refractivity contribution in [3.05, 3.63) is 71.7 Å². The highest BCUT2D eigenvalue weighted by Gasteiger charge is 2.57. The first-order chi connectivity index (χ1) is 19.7. The Kier molecular flexibility index (Phi) is 6.93. The van der Waals surface area contributed by atoms with Gasteiger partial charge in [-0.3, -0.25) is 19.4 Å². The van der Waals surface area contributed by atoms with E-state index in [0.717, 1.165) is 72.6 Å². The van der Waals surface area contributed by atoms with Crippen molar-refractivity contribution < 1.29 is 19.4 Å². The molecular weight excluding hydrogens is 518 g/mol. The van der Waals surface area contributed by atoms with E-state index >= 15 is 0 Å². The molecule has 2 amide bonds. The molecule has 41 heavy (non-hydrogen) atoms. The molecule has 6 rings (SSSR count). The molecule has 216 valence electrons. The fourth-order valence-corrected chi connectivity index (χ4v) is 6.90. The Balaban J connectivity index is 1.31. The third kappa shape index (κ3) is 4.62. The minimum Gasteiger partial charge on any atom is -0.508 e. The van der Waals surface area contributed by atoms with Gasteiger partial charge in [0.2, 0.25) is 5.91 Å². The predicted molar refractivity (Wildman–Crippen MR) is 158 cm³/mol. The molecule has 2 aromatic carbocycles. The average molecular weight is 558 g/mol. The molecule has 0 radical (unpaired) electrons. The number of aromatic hydroxyl groups is 1. The number of phenolic OH excluding ortho intramolecular Hbond substituents is 1. The number of phenols is 1. The monoisotopic (exact) mass is 557 g/mol. The van der Waals surface area contributed by atoms with E-state index in [-0.39, 0.29) is 23.6 Å². The van der Waals surface area contributed by atoms with E-state index < -0.39 is 5.54 Å². The maximum atomic E-state index is 14.2. The number of carbonyl (C=O) groups excluding carboxylic acids is 2. The number of hydrogen-bond donors (Lipinski definition) is 2. The van der Waals surface area contributed by atoms with Crippen LogP contribution in [0.5, 0.6) is 11.5 Å². The number of amides is 2. The van der Waals surface area contributed by atoms with Gasteiger partial charge in [0, 0.05) is 62.7 Å². The largest absolute Gasteiger partial charge is 0.508 e. The molecule has 9 heteroatoms. The third-order valence-electron chi connectivity index (χ3n) is 8.96. The number of nitrogens with zero attached hydrogens (tertiary/aromatic N) is 4. The molecule has 2 fully saturated rings. The van der Waals surface area contributed by atoms with Crippen LogP contribution < -0.4 is 4.74 Å². The van der Waals surface area contributed by atoms with Crippen molar-refractivity contribution in [3.63, 3.8) is 0 Å². The Morgan fingerprint density at radius 2 is 1.93 bits per heavy atom. The molecule has 0 saturated carbocycles. The van der Waals surface area contributed by atoms with Crippen molar-refractivity contribution in [2.45, 2.75) is 45.2 Å². The van der Waals surface area contributed by atoms with Gasteiger partial charge in [-0.05, 0) is 68.3 Å². The maximum absolute atomic E-state index is 14.2. The lowest BCUT2D eigenvalue weighted by atomic mass is 9.81. The summed E-state index contributed by atoms with van der Waals surface area (Å²) in [6, 6.07) is 13.0. The molecule has 2 atom stereocenters. The van der Waals surface area contributed by atoms with Gasteiger partial charge >= 0.3 is 0 Å². The second-order valence-electron chi connectivity index (χ2n) is 11.6. The summed E-state index contributed by atoms with van der Waals surface area (Å²) in [4.78, 5) is 37.8. The average Bonchev–Trinajstić information content (AvgIpc) is 3.39. The molecule has 0 spiro atoms. The number of carbonyl (C=O) groups is 2. The van der Waals surface area contributed by atoms with E-state index in [4.69, 9.17) is 4.74 Å². The molecule has 9 nitrogen and oxygen atoms in total. The van der Waals surface area contributed by atoms with E-state index in [2.05, 4.69) is 27.4 Å². The number of hydrogen-bond acceptors (Lipinski definition) is 6. The summed E-state index contributed by atoms with van der Waals surface area (Å²) >= 11 is 0. The highest BCUT2D eigenvalue weighted by molar-refractivity contribution is 5.94. The van der Waals surface area contributed by atoms with Crippen LogP contribution in [0.1, 0.15) is 50.1 Å². The molecule has 1 aromatic heterocycles. The van der Waals surface area contributed by atoms with E-state index in [9.17, 15) is 14.7 Å². The van der Waals surface area contributed by atoms with Crippen LogP contribution in [0.4, 0.5) is 0 Å². The second-order valence-corrected chi connectivity index (χ2v) is 11.6. The van der Waals surface area contributed by atoms with Crippen molar-refractivity contribution in [2.24, 2.45) is 0 Å². The molecule has 3 aliphatic heterocycles. The van der Waals surface area contributed by atoms with Crippen molar-refractivity contribution in [2.75, 3.05) is 45.9 Å². The number of aromatic nitrogens is 1. The molecule has 0 unspecified atom stereocenters. The Bertz CT molecular complexity index is 1510. The van der Waals surface area contributed by atoms with Crippen LogP contribution in [0.3, 0.4) is 0 Å². The Hall–Kier alpha value is -3.98. The zero-order valence-corrected chi connectivity index (χ0v) is 24.2. The first kappa shape index (κ1) is 27.2. The van der Waals surface area contributed by atoms with Crippen LogP contribution >= 0.6 is 0 Å². The van der Waals surface area contributed by atoms with E-state index in [1.165, 1.54) is 0 Å². The number of fused-ring (bicyclic) bond motifs is 4. The molecule has 2 saturated heterocycles. The molecule has 3 aromatic rings. The van der Waals surface area contributed by atoms with Gasteiger partial charge in [0.15, 0.2) is 0 Å². The van der Waals surface area contributed by atoms with E-state index in [1.54, 1.807) is 19.1 Å². The number of aromatic amines is 1. The fourth-order valence-electron chi connectivity index (χ4n) is 6.90. The van der Waals surface area contributed by atoms with Crippen molar-refractivity contribution in [1.82, 2.24) is 24.6 Å². The quantitative estimate of drug-likeness (QED) is 0.459. The summed E-state index contributed by atoms with van der Waals surface area (Å²) in [7, 11) is 0. The summed E-state index contributed by atoms with van der Waals surface area (Å²) in [6.07, 6.45) is 1.35. The van der Waals surface area contributed by atoms with Crippen LogP contribution in [-0.2, 0) is 16.0 Å². The van der Waals surface area contributed by atoms with E-state index in [0.29, 0.717) is 25.4 Å². The minimum atomic E-state index is -0.829. The highest BCUT2D eigenvalue weighted by Crippen LogP contribution is 2.51. The number of ether oxygens (including phenoxy) is 1. The lowest BCUT2D eigenvalue weighted by Crippen LogP contribution is -2.52. The van der Waals surface area contributed by atoms with Gasteiger partial charge in [0.1, 0.15) is 22.9 Å². The van der Waals surface area contributed by atoms with Crippen LogP contribution in [0, 0.1) is 0 Å². The standard InChI is InChI=1S/C32H39N5O4/c1-5-41-25-10-11-28-26(19-25)27-20-32(4)31(40)36(13-7-12-34-14-16-35(17-15-34)22(3)38)21(2)37(32)30(29(27)33-28)23-8-6-9-24(39)18-23/h6,8-11,18-19,30,33,39H,2,5,7,12-17,20H2,1,3-4H3/t30-,32+/m1/s1. The van der Waals surface area contributed by atoms with Gasteiger partial charge in [-0.25, -0.2) is 0 Å². The van der Waals surface area contributed by atoms with Gasteiger partial charge in [0.05, 0.1) is 12.6 Å².